The van der Waals surface area contributed by atoms with Gasteiger partial charge in [-0.25, -0.2) is 9.18 Å². The zero-order valence-corrected chi connectivity index (χ0v) is 14.2. The van der Waals surface area contributed by atoms with Gasteiger partial charge in [-0.15, -0.1) is 0 Å². The second-order valence-electron chi connectivity index (χ2n) is 7.40. The first kappa shape index (κ1) is 16.8. The molecule has 3 aliphatic rings. The van der Waals surface area contributed by atoms with E-state index in [1.165, 1.54) is 17.0 Å². The van der Waals surface area contributed by atoms with E-state index in [-0.39, 0.29) is 24.1 Å². The lowest BCUT2D eigenvalue weighted by atomic mass is 9.81. The third-order valence-corrected chi connectivity index (χ3v) is 5.91. The predicted octanol–water partition coefficient (Wildman–Crippen LogP) is 2.43. The van der Waals surface area contributed by atoms with Crippen molar-refractivity contribution in [2.75, 3.05) is 23.7 Å². The molecule has 1 aliphatic carbocycles. The Hall–Kier alpha value is -2.64. The fraction of sp³-hybridized carbons (Fsp3) is 0.500. The van der Waals surface area contributed by atoms with Crippen LogP contribution in [0, 0.1) is 17.2 Å². The Labute approximate surface area is 149 Å². The van der Waals surface area contributed by atoms with Gasteiger partial charge in [0.1, 0.15) is 5.82 Å². The van der Waals surface area contributed by atoms with E-state index >= 15 is 0 Å². The Kier molecular flexibility index (Phi) is 3.86. The number of carboxylic acid groups (broad SMARTS) is 1. The molecule has 2 aliphatic heterocycles. The van der Waals surface area contributed by atoms with E-state index < -0.39 is 23.2 Å². The van der Waals surface area contributed by atoms with Gasteiger partial charge < -0.3 is 20.6 Å². The summed E-state index contributed by atoms with van der Waals surface area (Å²) in [5, 5.41) is 14.8. The van der Waals surface area contributed by atoms with Crippen LogP contribution < -0.4 is 10.6 Å². The molecule has 4 rings (SSSR count). The van der Waals surface area contributed by atoms with Crippen LogP contribution in [0.25, 0.3) is 0 Å². The quantitative estimate of drug-likeness (QED) is 0.753. The van der Waals surface area contributed by atoms with Gasteiger partial charge in [0.15, 0.2) is 0 Å². The Morgan fingerprint density at radius 3 is 2.88 bits per heavy atom. The van der Waals surface area contributed by atoms with E-state index in [1.807, 2.05) is 0 Å². The van der Waals surface area contributed by atoms with E-state index in [2.05, 4.69) is 10.6 Å². The molecule has 0 bridgehead atoms. The molecule has 1 aromatic rings. The highest BCUT2D eigenvalue weighted by Gasteiger charge is 2.55. The van der Waals surface area contributed by atoms with Crippen LogP contribution in [0.5, 0.6) is 0 Å². The molecule has 2 heterocycles. The molecule has 3 amide bonds. The Balaban J connectivity index is 1.52. The molecule has 0 radical (unpaired) electrons. The van der Waals surface area contributed by atoms with Gasteiger partial charge in [-0.3, -0.25) is 9.59 Å². The number of hydrogen-bond donors (Lipinski definition) is 3. The second-order valence-corrected chi connectivity index (χ2v) is 7.40. The summed E-state index contributed by atoms with van der Waals surface area (Å²) in [6, 6.07) is 2.23. The molecule has 0 aromatic heterocycles. The monoisotopic (exact) mass is 361 g/mol. The third-order valence-electron chi connectivity index (χ3n) is 5.91. The van der Waals surface area contributed by atoms with Crippen molar-refractivity contribution in [3.05, 3.63) is 23.5 Å². The second kappa shape index (κ2) is 5.96. The summed E-state index contributed by atoms with van der Waals surface area (Å²) in [4.78, 5) is 37.2. The minimum Gasteiger partial charge on any atom is -0.481 e. The van der Waals surface area contributed by atoms with Crippen molar-refractivity contribution in [1.82, 2.24) is 4.90 Å². The molecular formula is C18H20FN3O4. The number of carboxylic acids is 1. The molecule has 3 N–H and O–H groups in total. The van der Waals surface area contributed by atoms with Gasteiger partial charge in [-0.05, 0) is 42.9 Å². The summed E-state index contributed by atoms with van der Waals surface area (Å²) >= 11 is 0. The van der Waals surface area contributed by atoms with Crippen LogP contribution >= 0.6 is 0 Å². The van der Waals surface area contributed by atoms with Crippen LogP contribution in [0.2, 0.25) is 0 Å². The lowest BCUT2D eigenvalue weighted by molar-refractivity contribution is -0.149. The number of aliphatic carboxylic acids is 1. The zero-order chi connectivity index (χ0) is 18.5. The van der Waals surface area contributed by atoms with Crippen LogP contribution in [-0.2, 0) is 16.0 Å². The SMILES string of the molecule is O=C1CCc2cc(F)c(NC(=O)N3C[C@@H]4CCC[C@@]4(C(=O)O)C3)cc2N1. The van der Waals surface area contributed by atoms with Crippen molar-refractivity contribution in [3.8, 4) is 0 Å². The average Bonchev–Trinajstić information content (AvgIpc) is 3.14. The molecule has 2 fully saturated rings. The maximum Gasteiger partial charge on any atom is 0.321 e. The maximum atomic E-state index is 14.3. The summed E-state index contributed by atoms with van der Waals surface area (Å²) in [5.41, 5.74) is 0.302. The molecule has 26 heavy (non-hydrogen) atoms. The Bertz CT molecular complexity index is 812. The highest BCUT2D eigenvalue weighted by atomic mass is 19.1. The standard InChI is InChI=1S/C18H20FN3O4/c19-12-6-10-3-4-15(23)20-13(10)7-14(12)21-17(26)22-8-11-2-1-5-18(11,9-22)16(24)25/h6-7,11H,1-5,8-9H2,(H,20,23)(H,21,26)(H,24,25)/t11-,18+/m0/s1. The molecule has 7 nitrogen and oxygen atoms in total. The summed E-state index contributed by atoms with van der Waals surface area (Å²) in [6.07, 6.45) is 2.97. The Morgan fingerprint density at radius 2 is 2.15 bits per heavy atom. The number of rotatable bonds is 2. The number of urea groups is 1. The van der Waals surface area contributed by atoms with Crippen molar-refractivity contribution in [2.24, 2.45) is 11.3 Å². The number of aryl methyl sites for hydroxylation is 1. The average molecular weight is 361 g/mol. The third kappa shape index (κ3) is 2.60. The number of carbonyl (C=O) groups excluding carboxylic acids is 2. The fourth-order valence-electron chi connectivity index (χ4n) is 4.48. The number of amides is 3. The van der Waals surface area contributed by atoms with E-state index in [0.717, 1.165) is 12.8 Å². The van der Waals surface area contributed by atoms with Crippen molar-refractivity contribution in [3.63, 3.8) is 0 Å². The van der Waals surface area contributed by atoms with Gasteiger partial charge in [-0.2, -0.15) is 0 Å². The summed E-state index contributed by atoms with van der Waals surface area (Å²) in [6.45, 7) is 0.504. The summed E-state index contributed by atoms with van der Waals surface area (Å²) in [7, 11) is 0. The number of anilines is 2. The number of fused-ring (bicyclic) bond motifs is 2. The number of nitrogens with zero attached hydrogens (tertiary/aromatic N) is 1. The first-order valence-corrected chi connectivity index (χ1v) is 8.81. The van der Waals surface area contributed by atoms with Gasteiger partial charge in [-0.1, -0.05) is 6.42 Å². The largest absolute Gasteiger partial charge is 0.481 e. The van der Waals surface area contributed by atoms with Crippen molar-refractivity contribution >= 4 is 29.3 Å². The lowest BCUT2D eigenvalue weighted by Gasteiger charge is -2.24. The molecule has 2 atom stereocenters. The van der Waals surface area contributed by atoms with Crippen molar-refractivity contribution in [2.45, 2.75) is 32.1 Å². The topological polar surface area (TPSA) is 98.7 Å². The highest BCUT2D eigenvalue weighted by Crippen LogP contribution is 2.49. The van der Waals surface area contributed by atoms with E-state index in [9.17, 15) is 23.9 Å². The zero-order valence-electron chi connectivity index (χ0n) is 14.2. The minimum atomic E-state index is -0.875. The van der Waals surface area contributed by atoms with Gasteiger partial charge in [0, 0.05) is 25.2 Å². The van der Waals surface area contributed by atoms with Crippen LogP contribution in [-0.4, -0.2) is 41.0 Å². The van der Waals surface area contributed by atoms with Crippen LogP contribution in [0.15, 0.2) is 12.1 Å². The maximum absolute atomic E-state index is 14.3. The van der Waals surface area contributed by atoms with Crippen molar-refractivity contribution < 1.29 is 23.9 Å². The van der Waals surface area contributed by atoms with Gasteiger partial charge >= 0.3 is 12.0 Å². The molecule has 0 unspecified atom stereocenters. The number of likely N-dealkylation sites (tertiary alicyclic amines) is 1. The molecule has 1 saturated carbocycles. The predicted molar refractivity (Wildman–Crippen MR) is 91.4 cm³/mol. The fourth-order valence-corrected chi connectivity index (χ4v) is 4.48. The van der Waals surface area contributed by atoms with E-state index in [4.69, 9.17) is 0 Å². The van der Waals surface area contributed by atoms with Gasteiger partial charge in [0.25, 0.3) is 0 Å². The van der Waals surface area contributed by atoms with Gasteiger partial charge in [0.05, 0.1) is 11.1 Å². The first-order valence-electron chi connectivity index (χ1n) is 8.81. The molecule has 0 spiro atoms. The first-order chi connectivity index (χ1) is 12.4. The van der Waals surface area contributed by atoms with Crippen LogP contribution in [0.4, 0.5) is 20.6 Å². The molecule has 1 saturated heterocycles. The van der Waals surface area contributed by atoms with Gasteiger partial charge in [0.2, 0.25) is 5.91 Å². The Morgan fingerprint density at radius 1 is 1.35 bits per heavy atom. The highest BCUT2D eigenvalue weighted by molar-refractivity contribution is 5.96. The van der Waals surface area contributed by atoms with Crippen LogP contribution in [0.1, 0.15) is 31.2 Å². The lowest BCUT2D eigenvalue weighted by Crippen LogP contribution is -2.38. The molecule has 138 valence electrons. The van der Waals surface area contributed by atoms with Crippen molar-refractivity contribution in [1.29, 1.82) is 0 Å². The van der Waals surface area contributed by atoms with E-state index in [0.29, 0.717) is 37.1 Å². The molecular weight excluding hydrogens is 341 g/mol. The number of hydrogen-bond acceptors (Lipinski definition) is 3. The van der Waals surface area contributed by atoms with Crippen LogP contribution in [0.3, 0.4) is 0 Å². The number of benzene rings is 1. The number of carbonyl (C=O) groups is 3. The summed E-state index contributed by atoms with van der Waals surface area (Å²) < 4.78 is 14.3. The molecule has 8 heteroatoms. The van der Waals surface area contributed by atoms with E-state index in [1.54, 1.807) is 0 Å². The normalized spacial score (nSPS) is 26.9. The summed E-state index contributed by atoms with van der Waals surface area (Å²) in [5.74, 6) is -1.63. The number of nitrogens with one attached hydrogen (secondary N) is 2. The minimum absolute atomic E-state index is 0.0163. The number of halogens is 1. The molecule has 1 aromatic carbocycles. The smallest absolute Gasteiger partial charge is 0.321 e.